The van der Waals surface area contributed by atoms with Crippen LogP contribution in [0.25, 0.3) is 21.8 Å². The molecule has 24 heavy (non-hydrogen) atoms. The molecule has 0 atom stereocenters. The normalized spacial score (nSPS) is 8.88. The van der Waals surface area contributed by atoms with Crippen molar-refractivity contribution in [1.29, 1.82) is 0 Å². The van der Waals surface area contributed by atoms with Crippen molar-refractivity contribution >= 4 is 33.9 Å². The van der Waals surface area contributed by atoms with Crippen LogP contribution in [0.2, 0.25) is 0 Å². The van der Waals surface area contributed by atoms with Crippen LogP contribution >= 0.6 is 0 Å². The third-order valence-electron chi connectivity index (χ3n) is 2.63. The van der Waals surface area contributed by atoms with Gasteiger partial charge in [0.15, 0.2) is 0 Å². The van der Waals surface area contributed by atoms with Crippen LogP contribution in [0.1, 0.15) is 13.3 Å². The van der Waals surface area contributed by atoms with Gasteiger partial charge in [-0.2, -0.15) is 0 Å². The van der Waals surface area contributed by atoms with Gasteiger partial charge in [0.1, 0.15) is 0 Å². The Morgan fingerprint density at radius 3 is 1.58 bits per heavy atom. The van der Waals surface area contributed by atoms with Crippen molar-refractivity contribution in [1.82, 2.24) is 9.97 Å². The number of hydrogen-bond donors (Lipinski definition) is 1. The van der Waals surface area contributed by atoms with Gasteiger partial charge in [-0.1, -0.05) is 31.2 Å². The largest absolute Gasteiger partial charge is 2.00 e. The van der Waals surface area contributed by atoms with Gasteiger partial charge >= 0.3 is 17.1 Å². The van der Waals surface area contributed by atoms with Crippen molar-refractivity contribution in [2.45, 2.75) is 13.3 Å². The van der Waals surface area contributed by atoms with Gasteiger partial charge in [-0.15, -0.1) is 0 Å². The second-order valence-electron chi connectivity index (χ2n) is 4.21. The summed E-state index contributed by atoms with van der Waals surface area (Å²) in [6.45, 7) is 1.54. The number of fused-ring (bicyclic) bond motifs is 3. The number of carboxylic acids is 1. The second kappa shape index (κ2) is 10.9. The summed E-state index contributed by atoms with van der Waals surface area (Å²) in [7, 11) is 0. The van der Waals surface area contributed by atoms with E-state index in [1.165, 1.54) is 6.92 Å². The predicted octanol–water partition coefficient (Wildman–Crippen LogP) is 0.815. The molecule has 1 N–H and O–H groups in total. The minimum atomic E-state index is -2.08. The summed E-state index contributed by atoms with van der Waals surface area (Å²) in [5.74, 6) is -0.995. The molecule has 8 heteroatoms. The minimum Gasteiger partial charge on any atom is -0.565 e. The van der Waals surface area contributed by atoms with Crippen LogP contribution in [-0.2, 0) is 21.9 Å². The number of nitrogens with zero attached hydrogens (tertiary/aromatic N) is 2. The molecule has 3 aromatic rings. The second-order valence-corrected chi connectivity index (χ2v) is 4.21. The van der Waals surface area contributed by atoms with E-state index in [4.69, 9.17) is 15.0 Å². The van der Waals surface area contributed by atoms with Crippen molar-refractivity contribution in [3.63, 3.8) is 0 Å². The molecule has 0 saturated heterocycles. The van der Waals surface area contributed by atoms with E-state index in [9.17, 15) is 9.90 Å². The van der Waals surface area contributed by atoms with E-state index in [0.29, 0.717) is 0 Å². The summed E-state index contributed by atoms with van der Waals surface area (Å²) in [5.41, 5.74) is 1.95. The number of aromatic nitrogens is 2. The molecule has 0 fully saturated rings. The average molecular weight is 378 g/mol. The molecule has 0 aliphatic heterocycles. The molecule has 0 bridgehead atoms. The molecular formula is C16H14CuN2O5. The molecule has 0 spiro atoms. The first-order valence-corrected chi connectivity index (χ1v) is 6.64. The molecule has 1 aromatic carbocycles. The first-order chi connectivity index (χ1) is 11.0. The van der Waals surface area contributed by atoms with Gasteiger partial charge in [-0.05, 0) is 18.6 Å². The number of hydrogen-bond acceptors (Lipinski definition) is 6. The molecule has 0 amide bonds. The maximum absolute atomic E-state index is 9.26. The Labute approximate surface area is 148 Å². The van der Waals surface area contributed by atoms with E-state index in [0.717, 1.165) is 21.8 Å². The van der Waals surface area contributed by atoms with E-state index in [1.807, 2.05) is 12.1 Å². The SMILES string of the molecule is CCC(=O)[O-].O=C([O-])O.[Cu+2].c1cnc2c(c1)ccc1cccnc12. The topological polar surface area (TPSA) is 126 Å². The Hall–Kier alpha value is -2.70. The number of benzene rings is 1. The summed E-state index contributed by atoms with van der Waals surface area (Å²) in [5, 5.41) is 26.8. The van der Waals surface area contributed by atoms with Gasteiger partial charge in [0.05, 0.1) is 11.0 Å². The van der Waals surface area contributed by atoms with Crippen molar-refractivity contribution in [2.75, 3.05) is 0 Å². The summed E-state index contributed by atoms with van der Waals surface area (Å²) in [4.78, 5) is 26.4. The van der Waals surface area contributed by atoms with Crippen LogP contribution < -0.4 is 10.2 Å². The third-order valence-corrected chi connectivity index (χ3v) is 2.63. The van der Waals surface area contributed by atoms with Crippen LogP contribution in [0.3, 0.4) is 0 Å². The number of carbonyl (C=O) groups is 2. The molecule has 1 radical (unpaired) electrons. The van der Waals surface area contributed by atoms with Crippen LogP contribution in [0.15, 0.2) is 48.8 Å². The molecule has 0 saturated carbocycles. The Morgan fingerprint density at radius 2 is 1.29 bits per heavy atom. The predicted molar refractivity (Wildman–Crippen MR) is 80.4 cm³/mol. The van der Waals surface area contributed by atoms with Gasteiger partial charge < -0.3 is 24.9 Å². The summed E-state index contributed by atoms with van der Waals surface area (Å²) in [6.07, 6.45) is 1.63. The smallest absolute Gasteiger partial charge is 0.565 e. The zero-order valence-electron chi connectivity index (χ0n) is 12.6. The van der Waals surface area contributed by atoms with Crippen LogP contribution in [0.4, 0.5) is 4.79 Å². The summed E-state index contributed by atoms with van der Waals surface area (Å²) >= 11 is 0. The maximum atomic E-state index is 9.26. The summed E-state index contributed by atoms with van der Waals surface area (Å²) in [6, 6.07) is 12.1. The van der Waals surface area contributed by atoms with E-state index < -0.39 is 12.1 Å². The molecule has 7 nitrogen and oxygen atoms in total. The number of carbonyl (C=O) groups excluding carboxylic acids is 1. The average Bonchev–Trinajstić information content (AvgIpc) is 2.55. The molecule has 0 aliphatic carbocycles. The zero-order chi connectivity index (χ0) is 17.2. The van der Waals surface area contributed by atoms with Gasteiger partial charge in [0.25, 0.3) is 0 Å². The quantitative estimate of drug-likeness (QED) is 0.491. The van der Waals surface area contributed by atoms with Gasteiger partial charge in [0, 0.05) is 29.1 Å². The number of pyridine rings is 2. The molecule has 3 rings (SSSR count). The van der Waals surface area contributed by atoms with E-state index in [1.54, 1.807) is 12.4 Å². The van der Waals surface area contributed by atoms with E-state index >= 15 is 0 Å². The Balaban J connectivity index is 0.000000451. The first-order valence-electron chi connectivity index (χ1n) is 6.64. The van der Waals surface area contributed by atoms with Crippen LogP contribution in [0, 0.1) is 0 Å². The number of aliphatic carboxylic acids is 1. The fourth-order valence-electron chi connectivity index (χ4n) is 1.68. The van der Waals surface area contributed by atoms with Crippen molar-refractivity contribution < 1.29 is 42.0 Å². The minimum absolute atomic E-state index is 0. The van der Waals surface area contributed by atoms with Crippen LogP contribution in [0.5, 0.6) is 0 Å². The molecule has 0 aliphatic rings. The molecule has 129 valence electrons. The molecule has 2 heterocycles. The maximum Gasteiger partial charge on any atom is 2.00 e. The van der Waals surface area contributed by atoms with Crippen molar-refractivity contribution in [3.8, 4) is 0 Å². The Bertz CT molecular complexity index is 752. The fraction of sp³-hybridized carbons (Fsp3) is 0.125. The first kappa shape index (κ1) is 21.3. The number of carboxylic acid groups (broad SMARTS) is 3. The standard InChI is InChI=1S/C12H8N2.C3H6O2.CH2O3.Cu/c1-3-9-5-6-10-4-2-8-14-12(10)11(9)13-7-1;1-2-3(4)5;2-1(3)4;/h1-8H;2H2,1H3,(H,4,5);(H2,2,3,4);/q;;;+2/p-2. The van der Waals surface area contributed by atoms with Gasteiger partial charge in [-0.3, -0.25) is 9.97 Å². The number of rotatable bonds is 1. The van der Waals surface area contributed by atoms with Gasteiger partial charge in [0.2, 0.25) is 6.16 Å². The molecule has 0 unspecified atom stereocenters. The zero-order valence-corrected chi connectivity index (χ0v) is 13.5. The van der Waals surface area contributed by atoms with E-state index in [2.05, 4.69) is 34.2 Å². The Morgan fingerprint density at radius 1 is 0.958 bits per heavy atom. The van der Waals surface area contributed by atoms with Gasteiger partial charge in [-0.25, -0.2) is 0 Å². The van der Waals surface area contributed by atoms with Crippen molar-refractivity contribution in [2.24, 2.45) is 0 Å². The Kier molecular flexibility index (Phi) is 9.70. The molecular weight excluding hydrogens is 364 g/mol. The van der Waals surface area contributed by atoms with E-state index in [-0.39, 0.29) is 23.5 Å². The van der Waals surface area contributed by atoms with Crippen molar-refractivity contribution in [3.05, 3.63) is 48.8 Å². The fourth-order valence-corrected chi connectivity index (χ4v) is 1.68. The monoisotopic (exact) mass is 377 g/mol. The molecule has 2 aromatic heterocycles. The van der Waals surface area contributed by atoms with Crippen LogP contribution in [-0.4, -0.2) is 27.2 Å². The third kappa shape index (κ3) is 7.04. The summed E-state index contributed by atoms with van der Waals surface area (Å²) < 4.78 is 0.